The first-order valence-electron chi connectivity index (χ1n) is 5.64. The van der Waals surface area contributed by atoms with E-state index in [4.69, 9.17) is 0 Å². The molecule has 19 heavy (non-hydrogen) atoms. The van der Waals surface area contributed by atoms with Crippen LogP contribution >= 0.6 is 11.3 Å². The number of anilines is 1. The number of hydrogen-bond donors (Lipinski definition) is 1. The van der Waals surface area contributed by atoms with Crippen LogP contribution < -0.4 is 5.32 Å². The quantitative estimate of drug-likeness (QED) is 0.503. The van der Waals surface area contributed by atoms with Gasteiger partial charge in [-0.1, -0.05) is 0 Å². The van der Waals surface area contributed by atoms with E-state index < -0.39 is 15.7 Å². The van der Waals surface area contributed by atoms with Crippen LogP contribution in [-0.2, 0) is 10.8 Å². The van der Waals surface area contributed by atoms with E-state index >= 15 is 0 Å². The highest BCUT2D eigenvalue weighted by atomic mass is 32.2. The third kappa shape index (κ3) is 3.27. The third-order valence-corrected chi connectivity index (χ3v) is 4.24. The molecule has 0 fully saturated rings. The highest BCUT2D eigenvalue weighted by Gasteiger charge is 2.20. The average molecular weight is 299 g/mol. The highest BCUT2D eigenvalue weighted by Crippen LogP contribution is 2.34. The standard InChI is InChI=1S/C11H13N3O3S2/c1-19(17)6-2-5-12-8-3-4-9-10(13-7-18-9)11(8)14(15)16/h3-4,7,12H,2,5-6H2,1H3. The van der Waals surface area contributed by atoms with Gasteiger partial charge in [0.25, 0.3) is 0 Å². The largest absolute Gasteiger partial charge is 0.379 e. The minimum Gasteiger partial charge on any atom is -0.379 e. The zero-order valence-electron chi connectivity index (χ0n) is 10.3. The Morgan fingerprint density at radius 1 is 1.53 bits per heavy atom. The van der Waals surface area contributed by atoms with Gasteiger partial charge in [-0.05, 0) is 18.6 Å². The Labute approximate surface area is 116 Å². The van der Waals surface area contributed by atoms with E-state index in [9.17, 15) is 14.3 Å². The molecule has 1 heterocycles. The van der Waals surface area contributed by atoms with Crippen LogP contribution in [0.25, 0.3) is 10.2 Å². The summed E-state index contributed by atoms with van der Waals surface area (Å²) in [5, 5.41) is 14.2. The van der Waals surface area contributed by atoms with Gasteiger partial charge in [-0.25, -0.2) is 4.98 Å². The van der Waals surface area contributed by atoms with Crippen LogP contribution in [0.2, 0.25) is 0 Å². The van der Waals surface area contributed by atoms with Crippen molar-refractivity contribution in [3.8, 4) is 0 Å². The lowest BCUT2D eigenvalue weighted by Crippen LogP contribution is -2.07. The lowest BCUT2D eigenvalue weighted by molar-refractivity contribution is -0.382. The molecule has 0 aliphatic heterocycles. The first kappa shape index (κ1) is 13.9. The fourth-order valence-corrected chi connectivity index (χ4v) is 2.97. The Kier molecular flexibility index (Phi) is 4.43. The Morgan fingerprint density at radius 2 is 2.32 bits per heavy atom. The summed E-state index contributed by atoms with van der Waals surface area (Å²) in [5.74, 6) is 0.583. The minimum atomic E-state index is -0.838. The molecule has 2 rings (SSSR count). The van der Waals surface area contributed by atoms with E-state index in [1.165, 1.54) is 11.3 Å². The molecular formula is C11H13N3O3S2. The summed E-state index contributed by atoms with van der Waals surface area (Å²) in [6.07, 6.45) is 2.35. The number of nitro benzene ring substituents is 1. The Hall–Kier alpha value is -1.54. The zero-order valence-corrected chi connectivity index (χ0v) is 11.9. The average Bonchev–Trinajstić information content (AvgIpc) is 2.81. The van der Waals surface area contributed by atoms with Crippen LogP contribution in [0.5, 0.6) is 0 Å². The van der Waals surface area contributed by atoms with E-state index in [2.05, 4.69) is 10.3 Å². The molecule has 0 saturated carbocycles. The van der Waals surface area contributed by atoms with Crippen molar-refractivity contribution in [1.82, 2.24) is 4.98 Å². The van der Waals surface area contributed by atoms with Crippen molar-refractivity contribution >= 4 is 43.7 Å². The smallest absolute Gasteiger partial charge is 0.319 e. The van der Waals surface area contributed by atoms with Crippen LogP contribution in [0.1, 0.15) is 6.42 Å². The fourth-order valence-electron chi connectivity index (χ4n) is 1.74. The molecule has 2 aromatic rings. The van der Waals surface area contributed by atoms with Gasteiger partial charge < -0.3 is 5.32 Å². The summed E-state index contributed by atoms with van der Waals surface area (Å²) in [6.45, 7) is 0.552. The van der Waals surface area contributed by atoms with Gasteiger partial charge in [-0.3, -0.25) is 14.3 Å². The second-order valence-electron chi connectivity index (χ2n) is 3.98. The molecule has 8 heteroatoms. The van der Waals surface area contributed by atoms with Gasteiger partial charge in [0, 0.05) is 29.4 Å². The second-order valence-corrected chi connectivity index (χ2v) is 6.42. The first-order valence-corrected chi connectivity index (χ1v) is 8.25. The Morgan fingerprint density at radius 3 is 3.00 bits per heavy atom. The molecule has 0 aliphatic carbocycles. The van der Waals surface area contributed by atoms with Crippen molar-refractivity contribution in [2.75, 3.05) is 23.9 Å². The van der Waals surface area contributed by atoms with E-state index in [1.807, 2.05) is 6.07 Å². The van der Waals surface area contributed by atoms with E-state index in [0.717, 1.165) is 4.70 Å². The molecule has 0 bridgehead atoms. The fraction of sp³-hybridized carbons (Fsp3) is 0.364. The Bertz CT molecular complexity index is 627. The topological polar surface area (TPSA) is 85.1 Å². The molecule has 1 atom stereocenters. The summed E-state index contributed by atoms with van der Waals surface area (Å²) in [6, 6.07) is 3.52. The predicted molar refractivity (Wildman–Crippen MR) is 78.3 cm³/mol. The third-order valence-electron chi connectivity index (χ3n) is 2.58. The maximum absolute atomic E-state index is 11.2. The summed E-state index contributed by atoms with van der Waals surface area (Å²) in [7, 11) is -0.838. The molecule has 0 amide bonds. The lowest BCUT2D eigenvalue weighted by Gasteiger charge is -2.06. The number of nitrogens with zero attached hydrogens (tertiary/aromatic N) is 2. The molecule has 1 aromatic carbocycles. The van der Waals surface area contributed by atoms with Crippen molar-refractivity contribution in [1.29, 1.82) is 0 Å². The van der Waals surface area contributed by atoms with Gasteiger partial charge in [0.2, 0.25) is 0 Å². The number of nitrogens with one attached hydrogen (secondary N) is 1. The first-order chi connectivity index (χ1) is 9.09. The number of aromatic nitrogens is 1. The SMILES string of the molecule is CS(=O)CCCNc1ccc2scnc2c1[N+](=O)[O-]. The van der Waals surface area contributed by atoms with Gasteiger partial charge in [-0.15, -0.1) is 11.3 Å². The number of thiazole rings is 1. The van der Waals surface area contributed by atoms with E-state index in [0.29, 0.717) is 29.9 Å². The number of fused-ring (bicyclic) bond motifs is 1. The van der Waals surface area contributed by atoms with Gasteiger partial charge >= 0.3 is 5.69 Å². The summed E-state index contributed by atoms with van der Waals surface area (Å²) in [4.78, 5) is 14.8. The Balaban J connectivity index is 2.19. The molecule has 102 valence electrons. The molecule has 0 aliphatic rings. The molecule has 1 aromatic heterocycles. The van der Waals surface area contributed by atoms with Crippen molar-refractivity contribution < 1.29 is 9.13 Å². The van der Waals surface area contributed by atoms with Crippen LogP contribution in [0, 0.1) is 10.1 Å². The molecule has 1 unspecified atom stereocenters. The maximum Gasteiger partial charge on any atom is 0.319 e. The maximum atomic E-state index is 11.2. The molecule has 1 N–H and O–H groups in total. The van der Waals surface area contributed by atoms with Gasteiger partial charge in [0.15, 0.2) is 5.52 Å². The summed E-state index contributed by atoms with van der Waals surface area (Å²) in [5.41, 5.74) is 2.49. The van der Waals surface area contributed by atoms with Crippen molar-refractivity contribution in [2.24, 2.45) is 0 Å². The van der Waals surface area contributed by atoms with Gasteiger partial charge in [0.1, 0.15) is 5.69 Å². The van der Waals surface area contributed by atoms with Gasteiger partial charge in [0.05, 0.1) is 15.1 Å². The second kappa shape index (κ2) is 6.07. The van der Waals surface area contributed by atoms with Crippen molar-refractivity contribution in [2.45, 2.75) is 6.42 Å². The number of hydrogen-bond acceptors (Lipinski definition) is 6. The van der Waals surface area contributed by atoms with Crippen LogP contribution in [0.15, 0.2) is 17.6 Å². The normalized spacial score (nSPS) is 12.5. The number of nitro groups is 1. The molecule has 0 saturated heterocycles. The molecule has 0 spiro atoms. The van der Waals surface area contributed by atoms with E-state index in [-0.39, 0.29) is 5.69 Å². The van der Waals surface area contributed by atoms with Crippen molar-refractivity contribution in [3.05, 3.63) is 27.8 Å². The van der Waals surface area contributed by atoms with Crippen LogP contribution in [0.3, 0.4) is 0 Å². The zero-order chi connectivity index (χ0) is 13.8. The van der Waals surface area contributed by atoms with Crippen LogP contribution in [-0.4, -0.2) is 32.7 Å². The van der Waals surface area contributed by atoms with E-state index in [1.54, 1.807) is 17.8 Å². The number of benzene rings is 1. The summed E-state index contributed by atoms with van der Waals surface area (Å²) >= 11 is 1.38. The monoisotopic (exact) mass is 299 g/mol. The predicted octanol–water partition coefficient (Wildman–Crippen LogP) is 2.39. The molecule has 6 nitrogen and oxygen atoms in total. The number of rotatable bonds is 6. The van der Waals surface area contributed by atoms with Crippen LogP contribution in [0.4, 0.5) is 11.4 Å². The lowest BCUT2D eigenvalue weighted by atomic mass is 10.2. The molecule has 0 radical (unpaired) electrons. The minimum absolute atomic E-state index is 0.0105. The van der Waals surface area contributed by atoms with Gasteiger partial charge in [-0.2, -0.15) is 0 Å². The molecular weight excluding hydrogens is 286 g/mol. The highest BCUT2D eigenvalue weighted by molar-refractivity contribution is 7.84. The van der Waals surface area contributed by atoms with Crippen molar-refractivity contribution in [3.63, 3.8) is 0 Å². The summed E-state index contributed by atoms with van der Waals surface area (Å²) < 4.78 is 11.7.